The van der Waals surface area contributed by atoms with Gasteiger partial charge in [0.1, 0.15) is 5.75 Å². The molecule has 0 atom stereocenters. The zero-order valence-electron chi connectivity index (χ0n) is 9.89. The Bertz CT molecular complexity index is 319. The van der Waals surface area contributed by atoms with Crippen molar-refractivity contribution in [2.45, 2.75) is 37.4 Å². The van der Waals surface area contributed by atoms with E-state index in [0.717, 1.165) is 12.8 Å². The molecule has 1 aromatic rings. The zero-order chi connectivity index (χ0) is 12.7. The lowest BCUT2D eigenvalue weighted by atomic mass is 10.2. The van der Waals surface area contributed by atoms with E-state index in [4.69, 9.17) is 4.74 Å². The molecule has 0 fully saturated rings. The van der Waals surface area contributed by atoms with Crippen LogP contribution in [0.3, 0.4) is 0 Å². The maximum absolute atomic E-state index is 12.9. The predicted octanol–water partition coefficient (Wildman–Crippen LogP) is 5.09. The average Bonchev–Trinajstić information content (AvgIpc) is 2.28. The van der Waals surface area contributed by atoms with Gasteiger partial charge in [0.25, 0.3) is 0 Å². The van der Waals surface area contributed by atoms with E-state index < -0.39 is 4.83 Å². The maximum Gasteiger partial charge on any atom is 0.326 e. The molecule has 1 aromatic carbocycles. The van der Waals surface area contributed by atoms with Crippen LogP contribution >= 0.6 is 15.9 Å². The molecule has 0 spiro atoms. The van der Waals surface area contributed by atoms with Crippen molar-refractivity contribution in [2.75, 3.05) is 6.61 Å². The van der Waals surface area contributed by atoms with Gasteiger partial charge in [-0.25, -0.2) is 0 Å². The quantitative estimate of drug-likeness (QED) is 0.503. The molecule has 0 N–H and O–H groups in total. The summed E-state index contributed by atoms with van der Waals surface area (Å²) in [4.78, 5) is -2.97. The van der Waals surface area contributed by atoms with Crippen LogP contribution in [-0.4, -0.2) is 6.61 Å². The zero-order valence-corrected chi connectivity index (χ0v) is 11.5. The average molecular weight is 307 g/mol. The Hall–Kier alpha value is -0.640. The van der Waals surface area contributed by atoms with Crippen LogP contribution in [0.25, 0.3) is 0 Å². The third kappa shape index (κ3) is 5.48. The summed E-state index contributed by atoms with van der Waals surface area (Å²) < 4.78 is 31.2. The van der Waals surface area contributed by atoms with Crippen molar-refractivity contribution >= 4 is 15.9 Å². The molecule has 96 valence electrons. The maximum atomic E-state index is 12.9. The minimum atomic E-state index is -2.97. The Labute approximate surface area is 109 Å². The molecule has 0 heterocycles. The van der Waals surface area contributed by atoms with E-state index in [2.05, 4.69) is 22.9 Å². The van der Waals surface area contributed by atoms with Gasteiger partial charge in [-0.2, -0.15) is 8.78 Å². The van der Waals surface area contributed by atoms with Crippen molar-refractivity contribution in [1.82, 2.24) is 0 Å². The van der Waals surface area contributed by atoms with Gasteiger partial charge in [0.15, 0.2) is 0 Å². The number of ether oxygens (including phenoxy) is 1. The van der Waals surface area contributed by atoms with Crippen molar-refractivity contribution in [3.63, 3.8) is 0 Å². The van der Waals surface area contributed by atoms with Crippen LogP contribution in [0.1, 0.15) is 38.2 Å². The molecule has 0 unspecified atom stereocenters. The molecule has 0 bridgehead atoms. The fraction of sp³-hybridized carbons (Fsp3) is 0.538. The van der Waals surface area contributed by atoms with Gasteiger partial charge in [0.05, 0.1) is 6.61 Å². The number of alkyl halides is 3. The number of halogens is 3. The van der Waals surface area contributed by atoms with Gasteiger partial charge in [-0.1, -0.05) is 26.2 Å². The Kier molecular flexibility index (Phi) is 5.89. The molecular formula is C13H17BrF2O. The van der Waals surface area contributed by atoms with Crippen LogP contribution in [0.5, 0.6) is 5.75 Å². The second-order valence-corrected chi connectivity index (χ2v) is 4.93. The van der Waals surface area contributed by atoms with Gasteiger partial charge in [0, 0.05) is 5.56 Å². The summed E-state index contributed by atoms with van der Waals surface area (Å²) in [5.41, 5.74) is -0.0594. The Morgan fingerprint density at radius 2 is 1.76 bits per heavy atom. The fourth-order valence-corrected chi connectivity index (χ4v) is 1.72. The molecule has 1 rings (SSSR count). The highest BCUT2D eigenvalue weighted by Crippen LogP contribution is 2.35. The molecule has 17 heavy (non-hydrogen) atoms. The van der Waals surface area contributed by atoms with Crippen molar-refractivity contribution in [3.8, 4) is 5.75 Å². The summed E-state index contributed by atoms with van der Waals surface area (Å²) in [6.45, 7) is 2.80. The van der Waals surface area contributed by atoms with Gasteiger partial charge in [-0.15, -0.1) is 0 Å². The Morgan fingerprint density at radius 1 is 1.12 bits per heavy atom. The Balaban J connectivity index is 2.36. The first-order valence-corrected chi connectivity index (χ1v) is 6.63. The molecule has 0 saturated heterocycles. The van der Waals surface area contributed by atoms with Crippen LogP contribution in [0.4, 0.5) is 8.78 Å². The van der Waals surface area contributed by atoms with Gasteiger partial charge >= 0.3 is 4.83 Å². The summed E-state index contributed by atoms with van der Waals surface area (Å²) >= 11 is 2.32. The van der Waals surface area contributed by atoms with Gasteiger partial charge in [-0.3, -0.25) is 0 Å². The molecule has 0 aliphatic heterocycles. The molecule has 0 amide bonds. The van der Waals surface area contributed by atoms with Crippen LogP contribution in [0, 0.1) is 0 Å². The van der Waals surface area contributed by atoms with Crippen LogP contribution in [0.2, 0.25) is 0 Å². The number of benzene rings is 1. The predicted molar refractivity (Wildman–Crippen MR) is 68.9 cm³/mol. The number of unbranched alkanes of at least 4 members (excludes halogenated alkanes) is 3. The lowest BCUT2D eigenvalue weighted by Gasteiger charge is -2.10. The third-order valence-electron chi connectivity index (χ3n) is 2.45. The summed E-state index contributed by atoms with van der Waals surface area (Å²) in [6.07, 6.45) is 4.55. The first-order chi connectivity index (χ1) is 8.04. The summed E-state index contributed by atoms with van der Waals surface area (Å²) in [5.74, 6) is 0.641. The highest BCUT2D eigenvalue weighted by Gasteiger charge is 2.26. The highest BCUT2D eigenvalue weighted by molar-refractivity contribution is 9.09. The molecular weight excluding hydrogens is 290 g/mol. The van der Waals surface area contributed by atoms with Crippen molar-refractivity contribution in [2.24, 2.45) is 0 Å². The summed E-state index contributed by atoms with van der Waals surface area (Å²) in [5, 5.41) is 0. The van der Waals surface area contributed by atoms with E-state index >= 15 is 0 Å². The molecule has 0 aliphatic carbocycles. The van der Waals surface area contributed by atoms with E-state index in [0.29, 0.717) is 12.4 Å². The van der Waals surface area contributed by atoms with Crippen LogP contribution in [-0.2, 0) is 4.83 Å². The van der Waals surface area contributed by atoms with E-state index in [-0.39, 0.29) is 5.56 Å². The molecule has 0 saturated carbocycles. The minimum absolute atomic E-state index is 0.0594. The third-order valence-corrected chi connectivity index (χ3v) is 2.91. The number of hydrogen-bond donors (Lipinski definition) is 0. The lowest BCUT2D eigenvalue weighted by Crippen LogP contribution is -2.02. The SMILES string of the molecule is CCCCCCOc1ccc(C(F)(F)Br)cc1. The van der Waals surface area contributed by atoms with Crippen LogP contribution < -0.4 is 4.74 Å². The monoisotopic (exact) mass is 306 g/mol. The molecule has 4 heteroatoms. The molecule has 0 aliphatic rings. The van der Waals surface area contributed by atoms with Crippen LogP contribution in [0.15, 0.2) is 24.3 Å². The van der Waals surface area contributed by atoms with E-state index in [1.165, 1.54) is 25.0 Å². The molecule has 0 radical (unpaired) electrons. The van der Waals surface area contributed by atoms with Gasteiger partial charge < -0.3 is 4.74 Å². The van der Waals surface area contributed by atoms with E-state index in [9.17, 15) is 8.78 Å². The smallest absolute Gasteiger partial charge is 0.326 e. The second-order valence-electron chi connectivity index (χ2n) is 3.93. The molecule has 0 aromatic heterocycles. The standard InChI is InChI=1S/C13H17BrF2O/c1-2-3-4-5-10-17-12-8-6-11(7-9-12)13(14,15)16/h6-9H,2-5,10H2,1H3. The van der Waals surface area contributed by atoms with Crippen molar-refractivity contribution < 1.29 is 13.5 Å². The number of rotatable bonds is 7. The minimum Gasteiger partial charge on any atom is -0.494 e. The van der Waals surface area contributed by atoms with Gasteiger partial charge in [-0.05, 0) is 46.6 Å². The first-order valence-electron chi connectivity index (χ1n) is 5.84. The van der Waals surface area contributed by atoms with E-state index in [1.807, 2.05) is 0 Å². The van der Waals surface area contributed by atoms with E-state index in [1.54, 1.807) is 12.1 Å². The highest BCUT2D eigenvalue weighted by atomic mass is 79.9. The molecule has 1 nitrogen and oxygen atoms in total. The Morgan fingerprint density at radius 3 is 2.29 bits per heavy atom. The van der Waals surface area contributed by atoms with Crippen molar-refractivity contribution in [3.05, 3.63) is 29.8 Å². The van der Waals surface area contributed by atoms with Gasteiger partial charge in [0.2, 0.25) is 0 Å². The largest absolute Gasteiger partial charge is 0.494 e. The topological polar surface area (TPSA) is 9.23 Å². The second kappa shape index (κ2) is 6.94. The normalized spacial score (nSPS) is 11.5. The first kappa shape index (κ1) is 14.4. The summed E-state index contributed by atoms with van der Waals surface area (Å²) in [7, 11) is 0. The summed E-state index contributed by atoms with van der Waals surface area (Å²) in [6, 6.07) is 5.89. The fourth-order valence-electron chi connectivity index (χ4n) is 1.46. The van der Waals surface area contributed by atoms with Crippen molar-refractivity contribution in [1.29, 1.82) is 0 Å². The lowest BCUT2D eigenvalue weighted by molar-refractivity contribution is 0.114. The number of hydrogen-bond acceptors (Lipinski definition) is 1.